The van der Waals surface area contributed by atoms with Gasteiger partial charge >= 0.3 is 0 Å². The molecule has 1 rings (SSSR count). The molecule has 2 nitrogen and oxygen atoms in total. The summed E-state index contributed by atoms with van der Waals surface area (Å²) in [7, 11) is 0. The maximum Gasteiger partial charge on any atom is 0.234 e. The zero-order valence-electron chi connectivity index (χ0n) is 5.92. The fraction of sp³-hybridized carbons (Fsp3) is 0.625. The molecule has 0 radical (unpaired) electrons. The first-order valence-corrected chi connectivity index (χ1v) is 3.62. The largest absolute Gasteiger partial charge is 0.234 e. The first kappa shape index (κ1) is 7.23. The molecule has 0 saturated heterocycles. The molecule has 0 aromatic heterocycles. The highest BCUT2D eigenvalue weighted by molar-refractivity contribution is 5.32. The van der Waals surface area contributed by atoms with Gasteiger partial charge in [0, 0.05) is 0 Å². The van der Waals surface area contributed by atoms with Crippen LogP contribution in [-0.4, -0.2) is 12.6 Å². The van der Waals surface area contributed by atoms with Gasteiger partial charge in [0.2, 0.25) is 6.08 Å². The first-order chi connectivity index (χ1) is 4.93. The second-order valence-corrected chi connectivity index (χ2v) is 2.58. The third-order valence-electron chi connectivity index (χ3n) is 1.79. The highest BCUT2D eigenvalue weighted by Crippen LogP contribution is 2.17. The Bertz CT molecular complexity index is 168. The van der Waals surface area contributed by atoms with E-state index in [2.05, 4.69) is 17.1 Å². The lowest BCUT2D eigenvalue weighted by Gasteiger charge is -2.13. The van der Waals surface area contributed by atoms with Gasteiger partial charge in [0.05, 0.1) is 6.54 Å². The minimum atomic E-state index is 0.589. The molecule has 0 saturated carbocycles. The average molecular weight is 137 g/mol. The van der Waals surface area contributed by atoms with E-state index in [1.807, 2.05) is 0 Å². The molecule has 2 heteroatoms. The van der Waals surface area contributed by atoms with Crippen molar-refractivity contribution in [2.75, 3.05) is 6.54 Å². The van der Waals surface area contributed by atoms with Crippen molar-refractivity contribution in [2.24, 2.45) is 10.9 Å². The van der Waals surface area contributed by atoms with E-state index in [-0.39, 0.29) is 0 Å². The molecule has 0 heterocycles. The predicted octanol–water partition coefficient (Wildman–Crippen LogP) is 1.68. The zero-order valence-corrected chi connectivity index (χ0v) is 5.92. The standard InChI is InChI=1S/C8H11NO/c10-7-9-6-8-4-2-1-3-5-8/h1-2,8H,3-6H2/t8-/m1/s1. The van der Waals surface area contributed by atoms with Gasteiger partial charge in [0.25, 0.3) is 0 Å². The van der Waals surface area contributed by atoms with Gasteiger partial charge in [0.1, 0.15) is 0 Å². The Labute approximate surface area is 60.7 Å². The topological polar surface area (TPSA) is 29.4 Å². The molecule has 54 valence electrons. The Morgan fingerprint density at radius 1 is 1.60 bits per heavy atom. The lowest BCUT2D eigenvalue weighted by atomic mass is 9.95. The second-order valence-electron chi connectivity index (χ2n) is 2.58. The van der Waals surface area contributed by atoms with Crippen molar-refractivity contribution in [3.63, 3.8) is 0 Å². The van der Waals surface area contributed by atoms with Crippen LogP contribution in [0.5, 0.6) is 0 Å². The highest BCUT2D eigenvalue weighted by atomic mass is 16.1. The summed E-state index contributed by atoms with van der Waals surface area (Å²) >= 11 is 0. The van der Waals surface area contributed by atoms with E-state index in [0.717, 1.165) is 12.8 Å². The van der Waals surface area contributed by atoms with Crippen molar-refractivity contribution < 1.29 is 4.79 Å². The summed E-state index contributed by atoms with van der Waals surface area (Å²) in [4.78, 5) is 13.3. The quantitative estimate of drug-likeness (QED) is 0.323. The molecule has 0 amide bonds. The molecule has 0 aromatic carbocycles. The van der Waals surface area contributed by atoms with Crippen molar-refractivity contribution in [1.29, 1.82) is 0 Å². The van der Waals surface area contributed by atoms with Crippen molar-refractivity contribution in [2.45, 2.75) is 19.3 Å². The molecule has 0 bridgehead atoms. The van der Waals surface area contributed by atoms with Crippen LogP contribution in [0, 0.1) is 5.92 Å². The molecule has 0 spiro atoms. The monoisotopic (exact) mass is 137 g/mol. The van der Waals surface area contributed by atoms with Crippen LogP contribution in [-0.2, 0) is 4.79 Å². The van der Waals surface area contributed by atoms with Gasteiger partial charge in [-0.3, -0.25) is 0 Å². The summed E-state index contributed by atoms with van der Waals surface area (Å²) in [5.41, 5.74) is 0. The van der Waals surface area contributed by atoms with Gasteiger partial charge < -0.3 is 0 Å². The van der Waals surface area contributed by atoms with Gasteiger partial charge in [-0.25, -0.2) is 9.79 Å². The van der Waals surface area contributed by atoms with Crippen LogP contribution in [0.25, 0.3) is 0 Å². The van der Waals surface area contributed by atoms with Crippen LogP contribution in [0.15, 0.2) is 17.1 Å². The lowest BCUT2D eigenvalue weighted by molar-refractivity contribution is 0.487. The van der Waals surface area contributed by atoms with E-state index < -0.39 is 0 Å². The fourth-order valence-corrected chi connectivity index (χ4v) is 1.19. The van der Waals surface area contributed by atoms with Crippen molar-refractivity contribution in [3.8, 4) is 0 Å². The van der Waals surface area contributed by atoms with Gasteiger partial charge in [-0.1, -0.05) is 12.2 Å². The van der Waals surface area contributed by atoms with Gasteiger partial charge in [-0.2, -0.15) is 0 Å². The number of allylic oxidation sites excluding steroid dienone is 2. The molecule has 0 N–H and O–H groups in total. The minimum Gasteiger partial charge on any atom is -0.211 e. The summed E-state index contributed by atoms with van der Waals surface area (Å²) in [5, 5.41) is 0. The summed E-state index contributed by atoms with van der Waals surface area (Å²) in [6.45, 7) is 0.661. The Kier molecular flexibility index (Phi) is 2.91. The fourth-order valence-electron chi connectivity index (χ4n) is 1.19. The van der Waals surface area contributed by atoms with Crippen LogP contribution in [0.2, 0.25) is 0 Å². The van der Waals surface area contributed by atoms with Crippen LogP contribution in [0.1, 0.15) is 19.3 Å². The van der Waals surface area contributed by atoms with Gasteiger partial charge in [-0.05, 0) is 25.2 Å². The number of carbonyl (C=O) groups excluding carboxylic acids is 1. The van der Waals surface area contributed by atoms with E-state index in [4.69, 9.17) is 0 Å². The Balaban J connectivity index is 2.28. The average Bonchev–Trinajstić information content (AvgIpc) is 2.03. The number of hydrogen-bond acceptors (Lipinski definition) is 2. The SMILES string of the molecule is O=C=NC[C@@H]1CC=CCC1. The van der Waals surface area contributed by atoms with Crippen LogP contribution >= 0.6 is 0 Å². The number of hydrogen-bond donors (Lipinski definition) is 0. The molecule has 1 aliphatic carbocycles. The van der Waals surface area contributed by atoms with E-state index in [1.54, 1.807) is 6.08 Å². The van der Waals surface area contributed by atoms with E-state index in [0.29, 0.717) is 12.5 Å². The van der Waals surface area contributed by atoms with Gasteiger partial charge in [-0.15, -0.1) is 0 Å². The molecule has 0 aromatic rings. The second kappa shape index (κ2) is 4.02. The minimum absolute atomic E-state index is 0.589. The number of aliphatic imine (C=N–C) groups is 1. The summed E-state index contributed by atoms with van der Waals surface area (Å²) < 4.78 is 0. The molecular formula is C8H11NO. The van der Waals surface area contributed by atoms with Crippen molar-refractivity contribution >= 4 is 6.08 Å². The smallest absolute Gasteiger partial charge is 0.211 e. The molecule has 1 aliphatic rings. The Morgan fingerprint density at radius 3 is 3.10 bits per heavy atom. The van der Waals surface area contributed by atoms with Crippen molar-refractivity contribution in [3.05, 3.63) is 12.2 Å². The third-order valence-corrected chi connectivity index (χ3v) is 1.79. The lowest BCUT2D eigenvalue weighted by Crippen LogP contribution is -2.05. The Morgan fingerprint density at radius 2 is 2.50 bits per heavy atom. The molecule has 0 fully saturated rings. The third kappa shape index (κ3) is 2.16. The van der Waals surface area contributed by atoms with E-state index in [9.17, 15) is 4.79 Å². The zero-order chi connectivity index (χ0) is 7.23. The summed E-state index contributed by atoms with van der Waals surface area (Å²) in [6.07, 6.45) is 9.29. The van der Waals surface area contributed by atoms with Crippen molar-refractivity contribution in [1.82, 2.24) is 0 Å². The molecule has 1 atom stereocenters. The molecule has 0 unspecified atom stereocenters. The predicted molar refractivity (Wildman–Crippen MR) is 39.5 cm³/mol. The van der Waals surface area contributed by atoms with Crippen LogP contribution in [0.4, 0.5) is 0 Å². The van der Waals surface area contributed by atoms with E-state index >= 15 is 0 Å². The Hall–Kier alpha value is -0.880. The number of isocyanates is 1. The summed E-state index contributed by atoms with van der Waals surface area (Å²) in [6, 6.07) is 0. The van der Waals surface area contributed by atoms with Crippen LogP contribution < -0.4 is 0 Å². The molecule has 10 heavy (non-hydrogen) atoms. The number of nitrogens with zero attached hydrogens (tertiary/aromatic N) is 1. The van der Waals surface area contributed by atoms with Crippen LogP contribution in [0.3, 0.4) is 0 Å². The maximum atomic E-state index is 9.74. The molecule has 0 aliphatic heterocycles. The summed E-state index contributed by atoms with van der Waals surface area (Å²) in [5.74, 6) is 0.589. The number of rotatable bonds is 2. The first-order valence-electron chi connectivity index (χ1n) is 3.62. The van der Waals surface area contributed by atoms with Gasteiger partial charge in [0.15, 0.2) is 0 Å². The maximum absolute atomic E-state index is 9.74. The highest BCUT2D eigenvalue weighted by Gasteiger charge is 2.07. The normalized spacial score (nSPS) is 23.8. The molecular weight excluding hydrogens is 126 g/mol. The van der Waals surface area contributed by atoms with E-state index in [1.165, 1.54) is 6.42 Å².